The van der Waals surface area contributed by atoms with E-state index in [9.17, 15) is 14.4 Å². The van der Waals surface area contributed by atoms with Gasteiger partial charge in [-0.2, -0.15) is 4.98 Å². The molecule has 176 valence electrons. The largest absolute Gasteiger partial charge is 0.459 e. The van der Waals surface area contributed by atoms with E-state index in [2.05, 4.69) is 4.98 Å². The predicted molar refractivity (Wildman–Crippen MR) is 119 cm³/mol. The van der Waals surface area contributed by atoms with Crippen molar-refractivity contribution >= 4 is 17.8 Å². The average Bonchev–Trinajstić information content (AvgIpc) is 3.08. The van der Waals surface area contributed by atoms with Gasteiger partial charge in [0.1, 0.15) is 18.5 Å². The van der Waals surface area contributed by atoms with E-state index in [1.54, 1.807) is 48.5 Å². The molecule has 1 aliphatic heterocycles. The van der Waals surface area contributed by atoms with Crippen LogP contribution in [0.4, 0.5) is 10.2 Å². The first-order valence-electron chi connectivity index (χ1n) is 10.4. The van der Waals surface area contributed by atoms with Crippen LogP contribution in [0.3, 0.4) is 0 Å². The standard InChI is InChI=1S/C24H22FN3O6/c1-24(25)19(34-21(30)16-10-6-3-7-11-16)17(14-32-20(29)15-8-4-2-5-9-15)33-22(24)28-13-12-18(26)27-23(28)31/h2-13,17,19,22H,14H2,1H3,(H2,26,27,31)/t17-,19-,22-,24-/m1/s1. The highest BCUT2D eigenvalue weighted by Crippen LogP contribution is 2.43. The Labute approximate surface area is 193 Å². The molecule has 0 unspecified atom stereocenters. The zero-order valence-corrected chi connectivity index (χ0v) is 18.2. The van der Waals surface area contributed by atoms with Crippen molar-refractivity contribution in [2.24, 2.45) is 0 Å². The molecular weight excluding hydrogens is 445 g/mol. The topological polar surface area (TPSA) is 123 Å². The minimum Gasteiger partial charge on any atom is -0.459 e. The number of hydrogen-bond acceptors (Lipinski definition) is 8. The van der Waals surface area contributed by atoms with Gasteiger partial charge < -0.3 is 19.9 Å². The summed E-state index contributed by atoms with van der Waals surface area (Å²) < 4.78 is 33.6. The molecule has 0 radical (unpaired) electrons. The van der Waals surface area contributed by atoms with Gasteiger partial charge in [-0.25, -0.2) is 18.8 Å². The summed E-state index contributed by atoms with van der Waals surface area (Å²) in [5.41, 5.74) is 2.80. The van der Waals surface area contributed by atoms with E-state index in [0.717, 1.165) is 11.5 Å². The number of alkyl halides is 1. The van der Waals surface area contributed by atoms with Gasteiger partial charge in [-0.3, -0.25) is 4.57 Å². The molecule has 4 atom stereocenters. The third kappa shape index (κ3) is 4.67. The van der Waals surface area contributed by atoms with Gasteiger partial charge in [-0.1, -0.05) is 36.4 Å². The molecule has 0 amide bonds. The molecule has 2 aromatic carbocycles. The smallest absolute Gasteiger partial charge is 0.351 e. The van der Waals surface area contributed by atoms with Crippen LogP contribution in [0.2, 0.25) is 0 Å². The van der Waals surface area contributed by atoms with Gasteiger partial charge >= 0.3 is 17.6 Å². The van der Waals surface area contributed by atoms with Crippen molar-refractivity contribution in [2.75, 3.05) is 12.3 Å². The third-order valence-corrected chi connectivity index (χ3v) is 5.42. The number of rotatable bonds is 6. The quantitative estimate of drug-likeness (QED) is 0.549. The average molecular weight is 467 g/mol. The molecule has 4 rings (SSSR count). The number of nitrogens with two attached hydrogens (primary N) is 1. The van der Waals surface area contributed by atoms with Gasteiger partial charge in [0.2, 0.25) is 0 Å². The van der Waals surface area contributed by atoms with E-state index in [-0.39, 0.29) is 16.9 Å². The number of ether oxygens (including phenoxy) is 3. The molecule has 3 aromatic rings. The second-order valence-electron chi connectivity index (χ2n) is 7.88. The van der Waals surface area contributed by atoms with Crippen molar-refractivity contribution in [1.82, 2.24) is 9.55 Å². The van der Waals surface area contributed by atoms with Crippen molar-refractivity contribution in [3.63, 3.8) is 0 Å². The summed E-state index contributed by atoms with van der Waals surface area (Å²) in [5, 5.41) is 0. The number of nitrogens with zero attached hydrogens (tertiary/aromatic N) is 2. The summed E-state index contributed by atoms with van der Waals surface area (Å²) in [7, 11) is 0. The summed E-state index contributed by atoms with van der Waals surface area (Å²) in [5.74, 6) is -1.49. The van der Waals surface area contributed by atoms with Gasteiger partial charge in [-0.15, -0.1) is 0 Å². The molecule has 10 heteroatoms. The van der Waals surface area contributed by atoms with Crippen LogP contribution in [0, 0.1) is 0 Å². The van der Waals surface area contributed by atoms with Gasteiger partial charge in [0.25, 0.3) is 0 Å². The second kappa shape index (κ2) is 9.44. The number of esters is 2. The van der Waals surface area contributed by atoms with Crippen molar-refractivity contribution in [3.8, 4) is 0 Å². The Morgan fingerprint density at radius 3 is 2.24 bits per heavy atom. The number of halogens is 1. The van der Waals surface area contributed by atoms with Crippen LogP contribution in [0.1, 0.15) is 33.9 Å². The minimum atomic E-state index is -2.38. The number of benzene rings is 2. The Kier molecular flexibility index (Phi) is 6.42. The number of hydrogen-bond donors (Lipinski definition) is 1. The molecule has 9 nitrogen and oxygen atoms in total. The number of anilines is 1. The van der Waals surface area contributed by atoms with Crippen molar-refractivity contribution in [3.05, 3.63) is 94.5 Å². The van der Waals surface area contributed by atoms with E-state index in [1.807, 2.05) is 0 Å². The fourth-order valence-corrected chi connectivity index (χ4v) is 3.71. The van der Waals surface area contributed by atoms with Crippen molar-refractivity contribution < 1.29 is 28.2 Å². The lowest BCUT2D eigenvalue weighted by atomic mass is 9.98. The third-order valence-electron chi connectivity index (χ3n) is 5.42. The fraction of sp³-hybridized carbons (Fsp3) is 0.250. The Balaban J connectivity index is 1.61. The summed E-state index contributed by atoms with van der Waals surface area (Å²) in [6, 6.07) is 17.5. The van der Waals surface area contributed by atoms with Crippen LogP contribution >= 0.6 is 0 Å². The molecular formula is C24H22FN3O6. The molecule has 0 saturated carbocycles. The number of carbonyl (C=O) groups excluding carboxylic acids is 2. The second-order valence-corrected chi connectivity index (χ2v) is 7.88. The molecule has 0 aliphatic carbocycles. The lowest BCUT2D eigenvalue weighted by molar-refractivity contribution is -0.0648. The molecule has 34 heavy (non-hydrogen) atoms. The van der Waals surface area contributed by atoms with E-state index < -0.39 is 48.3 Å². The van der Waals surface area contributed by atoms with Crippen LogP contribution in [0.15, 0.2) is 77.7 Å². The van der Waals surface area contributed by atoms with Gasteiger partial charge in [0, 0.05) is 6.20 Å². The summed E-state index contributed by atoms with van der Waals surface area (Å²) >= 11 is 0. The molecule has 0 spiro atoms. The van der Waals surface area contributed by atoms with Crippen LogP contribution < -0.4 is 11.4 Å². The number of nitrogen functional groups attached to an aromatic ring is 1. The summed E-state index contributed by atoms with van der Waals surface area (Å²) in [6.45, 7) is 0.718. The van der Waals surface area contributed by atoms with E-state index >= 15 is 4.39 Å². The summed E-state index contributed by atoms with van der Waals surface area (Å²) in [4.78, 5) is 41.1. The van der Waals surface area contributed by atoms with Crippen molar-refractivity contribution in [2.45, 2.75) is 31.0 Å². The Bertz CT molecular complexity index is 1230. The number of carbonyl (C=O) groups is 2. The molecule has 1 aromatic heterocycles. The summed E-state index contributed by atoms with van der Waals surface area (Å²) in [6.07, 6.45) is -2.98. The Hall–Kier alpha value is -4.05. The lowest BCUT2D eigenvalue weighted by Crippen LogP contribution is -2.45. The Morgan fingerprint density at radius 2 is 1.65 bits per heavy atom. The highest BCUT2D eigenvalue weighted by molar-refractivity contribution is 5.90. The molecule has 1 saturated heterocycles. The zero-order valence-electron chi connectivity index (χ0n) is 18.2. The minimum absolute atomic E-state index is 0.0415. The predicted octanol–water partition coefficient (Wildman–Crippen LogP) is 2.53. The van der Waals surface area contributed by atoms with Crippen LogP contribution in [0.25, 0.3) is 0 Å². The van der Waals surface area contributed by atoms with Crippen LogP contribution in [-0.2, 0) is 14.2 Å². The van der Waals surface area contributed by atoms with Gasteiger partial charge in [0.15, 0.2) is 18.0 Å². The zero-order chi connectivity index (χ0) is 24.3. The molecule has 2 N–H and O–H groups in total. The van der Waals surface area contributed by atoms with Gasteiger partial charge in [-0.05, 0) is 37.3 Å². The Morgan fingerprint density at radius 1 is 1.06 bits per heavy atom. The van der Waals surface area contributed by atoms with E-state index in [0.29, 0.717) is 0 Å². The number of aromatic nitrogens is 2. The van der Waals surface area contributed by atoms with Crippen molar-refractivity contribution in [1.29, 1.82) is 0 Å². The van der Waals surface area contributed by atoms with Crippen LogP contribution in [-0.4, -0.2) is 46.0 Å². The molecule has 1 aliphatic rings. The van der Waals surface area contributed by atoms with Crippen LogP contribution in [0.5, 0.6) is 0 Å². The molecule has 2 heterocycles. The maximum absolute atomic E-state index is 16.1. The van der Waals surface area contributed by atoms with E-state index in [1.165, 1.54) is 24.4 Å². The fourth-order valence-electron chi connectivity index (χ4n) is 3.71. The first-order chi connectivity index (χ1) is 16.3. The molecule has 0 bridgehead atoms. The highest BCUT2D eigenvalue weighted by Gasteiger charge is 2.58. The van der Waals surface area contributed by atoms with E-state index in [4.69, 9.17) is 19.9 Å². The molecule has 1 fully saturated rings. The maximum Gasteiger partial charge on any atom is 0.351 e. The normalized spacial score (nSPS) is 23.9. The maximum atomic E-state index is 16.1. The van der Waals surface area contributed by atoms with Gasteiger partial charge in [0.05, 0.1) is 11.1 Å². The SMILES string of the molecule is C[C@@]1(F)[C@H](OC(=O)c2ccccc2)[C@@H](COC(=O)c2ccccc2)O[C@H]1n1ccc(N)nc1=O. The first kappa shape index (κ1) is 23.1. The highest BCUT2D eigenvalue weighted by atomic mass is 19.1. The lowest BCUT2D eigenvalue weighted by Gasteiger charge is -2.27. The first-order valence-corrected chi connectivity index (χ1v) is 10.4. The monoisotopic (exact) mass is 467 g/mol.